The van der Waals surface area contributed by atoms with Crippen LogP contribution in [0.5, 0.6) is 5.75 Å². The largest absolute Gasteiger partial charge is 0.497 e. The van der Waals surface area contributed by atoms with Crippen molar-refractivity contribution in [2.24, 2.45) is 5.92 Å². The Bertz CT molecular complexity index is 1060. The van der Waals surface area contributed by atoms with E-state index < -0.39 is 0 Å². The fourth-order valence-electron chi connectivity index (χ4n) is 5.66. The molecular weight excluding hydrogens is 428 g/mol. The van der Waals surface area contributed by atoms with Crippen molar-refractivity contribution in [2.75, 3.05) is 62.7 Å². The van der Waals surface area contributed by atoms with Gasteiger partial charge in [0.05, 0.1) is 19.1 Å². The molecule has 0 aliphatic carbocycles. The monoisotopic (exact) mass is 462 g/mol. The van der Waals surface area contributed by atoms with Crippen molar-refractivity contribution in [1.29, 1.82) is 0 Å². The number of carbonyl (C=O) groups excluding carboxylic acids is 2. The number of hydrogen-bond donors (Lipinski definition) is 0. The van der Waals surface area contributed by atoms with E-state index in [9.17, 15) is 9.59 Å². The molecule has 0 aromatic heterocycles. The van der Waals surface area contributed by atoms with E-state index in [0.29, 0.717) is 26.2 Å². The normalized spacial score (nSPS) is 22.2. The van der Waals surface area contributed by atoms with Crippen LogP contribution in [0.15, 0.2) is 42.5 Å². The molecule has 7 nitrogen and oxygen atoms in total. The van der Waals surface area contributed by atoms with Crippen molar-refractivity contribution in [3.05, 3.63) is 53.6 Å². The predicted molar refractivity (Wildman–Crippen MR) is 134 cm³/mol. The van der Waals surface area contributed by atoms with Gasteiger partial charge in [-0.05, 0) is 37.1 Å². The molecule has 0 radical (unpaired) electrons. The van der Waals surface area contributed by atoms with Gasteiger partial charge in [-0.2, -0.15) is 0 Å². The first kappa shape index (κ1) is 22.6. The molecule has 2 aromatic carbocycles. The summed E-state index contributed by atoms with van der Waals surface area (Å²) in [4.78, 5) is 34.3. The molecule has 0 saturated carbocycles. The number of ether oxygens (including phenoxy) is 1. The quantitative estimate of drug-likeness (QED) is 0.702. The molecule has 3 aliphatic rings. The minimum atomic E-state index is -0.113. The van der Waals surface area contributed by atoms with Gasteiger partial charge >= 0.3 is 0 Å². The molecule has 0 unspecified atom stereocenters. The van der Waals surface area contributed by atoms with Crippen LogP contribution in [0.2, 0.25) is 0 Å². The van der Waals surface area contributed by atoms with Crippen molar-refractivity contribution in [3.8, 4) is 5.75 Å². The highest BCUT2D eigenvalue weighted by atomic mass is 16.5. The summed E-state index contributed by atoms with van der Waals surface area (Å²) in [6.45, 7) is 8.74. The Hall–Kier alpha value is -3.22. The highest BCUT2D eigenvalue weighted by Crippen LogP contribution is 2.39. The molecule has 180 valence electrons. The number of piperazine rings is 2. The Morgan fingerprint density at radius 3 is 2.29 bits per heavy atom. The highest BCUT2D eigenvalue weighted by molar-refractivity contribution is 5.83. The number of amides is 2. The molecular formula is C27H34N4O3. The van der Waals surface area contributed by atoms with Gasteiger partial charge in [-0.3, -0.25) is 9.59 Å². The second-order valence-electron chi connectivity index (χ2n) is 9.68. The number of benzene rings is 2. The summed E-state index contributed by atoms with van der Waals surface area (Å²) in [5.41, 5.74) is 4.86. The maximum absolute atomic E-state index is 13.9. The van der Waals surface area contributed by atoms with Gasteiger partial charge < -0.3 is 24.3 Å². The van der Waals surface area contributed by atoms with Gasteiger partial charge in [0.1, 0.15) is 5.75 Å². The topological polar surface area (TPSA) is 56.3 Å². The number of rotatable bonds is 3. The zero-order valence-electron chi connectivity index (χ0n) is 20.4. The van der Waals surface area contributed by atoms with Gasteiger partial charge in [-0.1, -0.05) is 23.8 Å². The molecule has 3 aliphatic heterocycles. The third-order valence-corrected chi connectivity index (χ3v) is 7.68. The van der Waals surface area contributed by atoms with Crippen LogP contribution in [0.4, 0.5) is 11.4 Å². The summed E-state index contributed by atoms with van der Waals surface area (Å²) in [6.07, 6.45) is 0.730. The molecule has 34 heavy (non-hydrogen) atoms. The maximum atomic E-state index is 13.9. The van der Waals surface area contributed by atoms with Crippen LogP contribution in [-0.4, -0.2) is 80.6 Å². The van der Waals surface area contributed by atoms with Crippen LogP contribution in [0.25, 0.3) is 0 Å². The summed E-state index contributed by atoms with van der Waals surface area (Å²) in [5, 5.41) is 0. The number of methoxy groups -OCH3 is 1. The van der Waals surface area contributed by atoms with Crippen molar-refractivity contribution in [1.82, 2.24) is 9.80 Å². The Morgan fingerprint density at radius 1 is 0.912 bits per heavy atom. The van der Waals surface area contributed by atoms with Gasteiger partial charge in [0.2, 0.25) is 11.8 Å². The molecule has 5 rings (SSSR count). The number of anilines is 2. The lowest BCUT2D eigenvalue weighted by Gasteiger charge is -2.50. The summed E-state index contributed by atoms with van der Waals surface area (Å²) in [7, 11) is 1.70. The summed E-state index contributed by atoms with van der Waals surface area (Å²) >= 11 is 0. The van der Waals surface area contributed by atoms with E-state index in [2.05, 4.69) is 53.1 Å². The van der Waals surface area contributed by atoms with E-state index in [0.717, 1.165) is 31.8 Å². The second kappa shape index (κ2) is 9.20. The van der Waals surface area contributed by atoms with E-state index in [4.69, 9.17) is 4.74 Å². The highest BCUT2D eigenvalue weighted by Gasteiger charge is 2.43. The summed E-state index contributed by atoms with van der Waals surface area (Å²) < 4.78 is 5.52. The van der Waals surface area contributed by atoms with Crippen LogP contribution in [0, 0.1) is 12.8 Å². The van der Waals surface area contributed by atoms with Gasteiger partial charge in [-0.25, -0.2) is 0 Å². The lowest BCUT2D eigenvalue weighted by molar-refractivity contribution is -0.142. The molecule has 7 heteroatoms. The summed E-state index contributed by atoms with van der Waals surface area (Å²) in [6, 6.07) is 15.0. The lowest BCUT2D eigenvalue weighted by atomic mass is 9.82. The molecule has 2 saturated heterocycles. The number of carbonyl (C=O) groups is 2. The van der Waals surface area contributed by atoms with Crippen LogP contribution < -0.4 is 14.5 Å². The van der Waals surface area contributed by atoms with Gasteiger partial charge in [0.25, 0.3) is 0 Å². The Balaban J connectivity index is 1.43. The third kappa shape index (κ3) is 4.19. The molecule has 3 heterocycles. The minimum absolute atomic E-state index is 0.0832. The molecule has 2 fully saturated rings. The number of nitrogens with zero attached hydrogens (tertiary/aromatic N) is 4. The van der Waals surface area contributed by atoms with Crippen LogP contribution >= 0.6 is 0 Å². The van der Waals surface area contributed by atoms with Gasteiger partial charge in [-0.15, -0.1) is 0 Å². The van der Waals surface area contributed by atoms with Crippen molar-refractivity contribution < 1.29 is 14.3 Å². The van der Waals surface area contributed by atoms with Crippen molar-refractivity contribution >= 4 is 23.2 Å². The SMILES string of the molecule is COc1ccc2c(c1)N1CCN(c3ccc(C)cc3)C[C@@H]1[C@@H](C(=O)N1CCN(C(C)=O)CC1)C2. The van der Waals surface area contributed by atoms with Crippen LogP contribution in [0.1, 0.15) is 18.1 Å². The first-order valence-corrected chi connectivity index (χ1v) is 12.2. The molecule has 2 amide bonds. The fraction of sp³-hybridized carbons (Fsp3) is 0.481. The molecule has 0 bridgehead atoms. The average Bonchev–Trinajstić information content (AvgIpc) is 2.87. The zero-order chi connectivity index (χ0) is 23.8. The Labute approximate surface area is 201 Å². The van der Waals surface area contributed by atoms with Crippen molar-refractivity contribution in [2.45, 2.75) is 26.3 Å². The maximum Gasteiger partial charge on any atom is 0.228 e. The Kier molecular flexibility index (Phi) is 6.11. The first-order valence-electron chi connectivity index (χ1n) is 12.2. The van der Waals surface area contributed by atoms with Gasteiger partial charge in [0.15, 0.2) is 0 Å². The van der Waals surface area contributed by atoms with E-state index in [1.807, 2.05) is 15.9 Å². The van der Waals surface area contributed by atoms with E-state index in [-0.39, 0.29) is 23.8 Å². The Morgan fingerprint density at radius 2 is 1.62 bits per heavy atom. The molecule has 0 N–H and O–H groups in total. The predicted octanol–water partition coefficient (Wildman–Crippen LogP) is 2.56. The standard InChI is InChI=1S/C27H34N4O3/c1-19-4-7-22(8-5-19)30-14-15-31-25-17-23(34-3)9-6-21(25)16-24(26(31)18-30)27(33)29-12-10-28(11-13-29)20(2)32/h4-9,17,24,26H,10-16,18H2,1-3H3/t24-,26+/m0/s1. The fourth-order valence-corrected chi connectivity index (χ4v) is 5.66. The molecule has 0 spiro atoms. The molecule has 2 aromatic rings. The average molecular weight is 463 g/mol. The van der Waals surface area contributed by atoms with E-state index in [1.54, 1.807) is 14.0 Å². The van der Waals surface area contributed by atoms with Crippen LogP contribution in [0.3, 0.4) is 0 Å². The minimum Gasteiger partial charge on any atom is -0.497 e. The lowest BCUT2D eigenvalue weighted by Crippen LogP contribution is -2.62. The van der Waals surface area contributed by atoms with E-state index in [1.165, 1.54) is 22.5 Å². The second-order valence-corrected chi connectivity index (χ2v) is 9.68. The van der Waals surface area contributed by atoms with Crippen molar-refractivity contribution in [3.63, 3.8) is 0 Å². The smallest absolute Gasteiger partial charge is 0.228 e. The number of fused-ring (bicyclic) bond motifs is 3. The third-order valence-electron chi connectivity index (χ3n) is 7.68. The summed E-state index contributed by atoms with van der Waals surface area (Å²) in [5.74, 6) is 1.03. The van der Waals surface area contributed by atoms with E-state index >= 15 is 0 Å². The number of aryl methyl sites for hydroxylation is 1. The van der Waals surface area contributed by atoms with Crippen LogP contribution in [-0.2, 0) is 16.0 Å². The number of hydrogen-bond acceptors (Lipinski definition) is 5. The van der Waals surface area contributed by atoms with Gasteiger partial charge in [0, 0.05) is 70.2 Å². The molecule has 2 atom stereocenters. The first-order chi connectivity index (χ1) is 16.4. The zero-order valence-corrected chi connectivity index (χ0v) is 20.4.